The lowest BCUT2D eigenvalue weighted by Gasteiger charge is -2.22. The molecule has 2 heterocycles. The van der Waals surface area contributed by atoms with Crippen LogP contribution < -0.4 is 10.6 Å². The minimum absolute atomic E-state index is 0.310. The smallest absolute Gasteiger partial charge is 0.128 e. The molecular formula is C14H19N3S. The Bertz CT molecular complexity index is 480. The lowest BCUT2D eigenvalue weighted by atomic mass is 10.0. The SMILES string of the molecule is CNc1cccc(NC(c2cccs2)C(C)C)n1. The first-order valence-electron chi connectivity index (χ1n) is 6.15. The number of aromatic nitrogens is 1. The molecule has 0 aromatic carbocycles. The van der Waals surface area contributed by atoms with Crippen molar-refractivity contribution >= 4 is 23.0 Å². The maximum Gasteiger partial charge on any atom is 0.128 e. The zero-order valence-electron chi connectivity index (χ0n) is 11.0. The van der Waals surface area contributed by atoms with E-state index in [0.29, 0.717) is 12.0 Å². The van der Waals surface area contributed by atoms with Gasteiger partial charge in [0.05, 0.1) is 6.04 Å². The van der Waals surface area contributed by atoms with Crippen molar-refractivity contribution in [2.24, 2.45) is 5.92 Å². The highest BCUT2D eigenvalue weighted by molar-refractivity contribution is 7.10. The van der Waals surface area contributed by atoms with Gasteiger partial charge in [0, 0.05) is 11.9 Å². The zero-order valence-corrected chi connectivity index (χ0v) is 11.8. The highest BCUT2D eigenvalue weighted by Gasteiger charge is 2.17. The maximum atomic E-state index is 4.51. The summed E-state index contributed by atoms with van der Waals surface area (Å²) < 4.78 is 0. The van der Waals surface area contributed by atoms with Crippen LogP contribution in [0.1, 0.15) is 24.8 Å². The van der Waals surface area contributed by atoms with Crippen molar-refractivity contribution in [3.63, 3.8) is 0 Å². The van der Waals surface area contributed by atoms with Crippen LogP contribution >= 0.6 is 11.3 Å². The fraction of sp³-hybridized carbons (Fsp3) is 0.357. The van der Waals surface area contributed by atoms with Crippen molar-refractivity contribution in [2.45, 2.75) is 19.9 Å². The van der Waals surface area contributed by atoms with Gasteiger partial charge >= 0.3 is 0 Å². The second kappa shape index (κ2) is 5.87. The fourth-order valence-corrected chi connectivity index (χ4v) is 2.80. The van der Waals surface area contributed by atoms with Crippen LogP contribution in [0.3, 0.4) is 0 Å². The molecule has 0 radical (unpaired) electrons. The number of rotatable bonds is 5. The largest absolute Gasteiger partial charge is 0.373 e. The van der Waals surface area contributed by atoms with Crippen LogP contribution in [0.25, 0.3) is 0 Å². The minimum Gasteiger partial charge on any atom is -0.373 e. The Labute approximate surface area is 112 Å². The van der Waals surface area contributed by atoms with E-state index in [-0.39, 0.29) is 0 Å². The number of pyridine rings is 1. The van der Waals surface area contributed by atoms with E-state index in [1.165, 1.54) is 4.88 Å². The molecule has 1 unspecified atom stereocenters. The Morgan fingerprint density at radius 2 is 1.89 bits per heavy atom. The van der Waals surface area contributed by atoms with Crippen LogP contribution in [0.2, 0.25) is 0 Å². The van der Waals surface area contributed by atoms with Gasteiger partial charge in [-0.2, -0.15) is 0 Å². The molecular weight excluding hydrogens is 242 g/mol. The van der Waals surface area contributed by atoms with E-state index in [0.717, 1.165) is 11.6 Å². The third kappa shape index (κ3) is 3.01. The highest BCUT2D eigenvalue weighted by Crippen LogP contribution is 2.29. The molecule has 1 atom stereocenters. The van der Waals surface area contributed by atoms with E-state index in [1.54, 1.807) is 11.3 Å². The molecule has 0 spiro atoms. The molecule has 0 amide bonds. The predicted octanol–water partition coefficient (Wildman–Crippen LogP) is 3.99. The van der Waals surface area contributed by atoms with Crippen LogP contribution in [0.4, 0.5) is 11.6 Å². The van der Waals surface area contributed by atoms with Gasteiger partial charge in [0.1, 0.15) is 11.6 Å². The van der Waals surface area contributed by atoms with Gasteiger partial charge < -0.3 is 10.6 Å². The number of thiophene rings is 1. The second-order valence-corrected chi connectivity index (χ2v) is 5.52. The molecule has 96 valence electrons. The van der Waals surface area contributed by atoms with Gasteiger partial charge in [-0.05, 0) is 29.5 Å². The number of hydrogen-bond donors (Lipinski definition) is 2. The summed E-state index contributed by atoms with van der Waals surface area (Å²) in [5, 5.41) is 8.69. The molecule has 2 aromatic heterocycles. The van der Waals surface area contributed by atoms with E-state index < -0.39 is 0 Å². The van der Waals surface area contributed by atoms with Gasteiger partial charge in [-0.15, -0.1) is 11.3 Å². The van der Waals surface area contributed by atoms with Gasteiger partial charge in [-0.1, -0.05) is 26.0 Å². The van der Waals surface area contributed by atoms with Crippen molar-refractivity contribution in [3.8, 4) is 0 Å². The summed E-state index contributed by atoms with van der Waals surface area (Å²) in [6, 6.07) is 10.5. The third-order valence-electron chi connectivity index (χ3n) is 2.82. The Morgan fingerprint density at radius 1 is 1.11 bits per heavy atom. The van der Waals surface area contributed by atoms with Gasteiger partial charge in [0.25, 0.3) is 0 Å². The molecule has 3 nitrogen and oxygen atoms in total. The molecule has 18 heavy (non-hydrogen) atoms. The summed E-state index contributed by atoms with van der Waals surface area (Å²) >= 11 is 1.78. The standard InChI is InChI=1S/C14H19N3S/c1-10(2)14(11-6-5-9-18-11)17-13-8-4-7-12(15-3)16-13/h4-10,14H,1-3H3,(H2,15,16,17). The minimum atomic E-state index is 0.310. The summed E-state index contributed by atoms with van der Waals surface area (Å²) in [7, 11) is 1.88. The molecule has 0 fully saturated rings. The van der Waals surface area contributed by atoms with Crippen LogP contribution in [-0.2, 0) is 0 Å². The van der Waals surface area contributed by atoms with E-state index in [4.69, 9.17) is 0 Å². The second-order valence-electron chi connectivity index (χ2n) is 4.54. The molecule has 2 rings (SSSR count). The first-order valence-corrected chi connectivity index (χ1v) is 7.03. The summed E-state index contributed by atoms with van der Waals surface area (Å²) in [6.07, 6.45) is 0. The molecule has 2 N–H and O–H groups in total. The van der Waals surface area contributed by atoms with Gasteiger partial charge in [-0.25, -0.2) is 4.98 Å². The van der Waals surface area contributed by atoms with Crippen LogP contribution in [0.15, 0.2) is 35.7 Å². The first kappa shape index (κ1) is 12.9. The van der Waals surface area contributed by atoms with Gasteiger partial charge in [0.15, 0.2) is 0 Å². The van der Waals surface area contributed by atoms with Gasteiger partial charge in [-0.3, -0.25) is 0 Å². The van der Waals surface area contributed by atoms with E-state index in [1.807, 2.05) is 25.2 Å². The quantitative estimate of drug-likeness (QED) is 0.854. The lowest BCUT2D eigenvalue weighted by Crippen LogP contribution is -2.16. The van der Waals surface area contributed by atoms with E-state index in [2.05, 4.69) is 47.0 Å². The first-order chi connectivity index (χ1) is 8.70. The average molecular weight is 261 g/mol. The third-order valence-corrected chi connectivity index (χ3v) is 3.78. The summed E-state index contributed by atoms with van der Waals surface area (Å²) in [5.74, 6) is 2.31. The number of hydrogen-bond acceptors (Lipinski definition) is 4. The predicted molar refractivity (Wildman–Crippen MR) is 79.3 cm³/mol. The van der Waals surface area contributed by atoms with Crippen molar-refractivity contribution in [1.29, 1.82) is 0 Å². The Kier molecular flexibility index (Phi) is 4.20. The zero-order chi connectivity index (χ0) is 13.0. The molecule has 0 aliphatic heterocycles. The number of anilines is 2. The van der Waals surface area contributed by atoms with Crippen molar-refractivity contribution in [2.75, 3.05) is 17.7 Å². The number of nitrogens with zero attached hydrogens (tertiary/aromatic N) is 1. The van der Waals surface area contributed by atoms with E-state index >= 15 is 0 Å². The molecule has 0 aliphatic carbocycles. The van der Waals surface area contributed by atoms with Crippen molar-refractivity contribution < 1.29 is 0 Å². The van der Waals surface area contributed by atoms with Crippen LogP contribution in [-0.4, -0.2) is 12.0 Å². The van der Waals surface area contributed by atoms with Crippen molar-refractivity contribution in [1.82, 2.24) is 4.98 Å². The Morgan fingerprint density at radius 3 is 2.50 bits per heavy atom. The highest BCUT2D eigenvalue weighted by atomic mass is 32.1. The van der Waals surface area contributed by atoms with E-state index in [9.17, 15) is 0 Å². The summed E-state index contributed by atoms with van der Waals surface area (Å²) in [6.45, 7) is 4.44. The Hall–Kier alpha value is -1.55. The molecule has 2 aromatic rings. The fourth-order valence-electron chi connectivity index (χ4n) is 1.85. The normalized spacial score (nSPS) is 12.4. The van der Waals surface area contributed by atoms with Crippen molar-refractivity contribution in [3.05, 3.63) is 40.6 Å². The monoisotopic (exact) mass is 261 g/mol. The van der Waals surface area contributed by atoms with Gasteiger partial charge in [0.2, 0.25) is 0 Å². The van der Waals surface area contributed by atoms with Crippen LogP contribution in [0, 0.1) is 5.92 Å². The molecule has 0 bridgehead atoms. The Balaban J connectivity index is 2.18. The molecule has 4 heteroatoms. The molecule has 0 saturated carbocycles. The molecule has 0 saturated heterocycles. The topological polar surface area (TPSA) is 37.0 Å². The maximum absolute atomic E-state index is 4.51. The lowest BCUT2D eigenvalue weighted by molar-refractivity contribution is 0.552. The summed E-state index contributed by atoms with van der Waals surface area (Å²) in [4.78, 5) is 5.85. The average Bonchev–Trinajstić information content (AvgIpc) is 2.89. The number of nitrogens with one attached hydrogen (secondary N) is 2. The summed E-state index contributed by atoms with van der Waals surface area (Å²) in [5.41, 5.74) is 0. The van der Waals surface area contributed by atoms with Crippen LogP contribution in [0.5, 0.6) is 0 Å². The molecule has 0 aliphatic rings.